The number of benzene rings is 2. The average molecular weight is 307 g/mol. The average Bonchev–Trinajstić information content (AvgIpc) is 3.11. The fourth-order valence-electron chi connectivity index (χ4n) is 2.89. The van der Waals surface area contributed by atoms with Crippen LogP contribution in [-0.2, 0) is 10.3 Å². The number of rotatable bonds is 5. The van der Waals surface area contributed by atoms with E-state index in [9.17, 15) is 4.79 Å². The minimum atomic E-state index is -1.05. The third kappa shape index (κ3) is 2.40. The first-order valence-electron chi connectivity index (χ1n) is 7.25. The largest absolute Gasteiger partial charge is 0.497 e. The van der Waals surface area contributed by atoms with Crippen LogP contribution in [-0.4, -0.2) is 27.7 Å². The zero-order valence-electron chi connectivity index (χ0n) is 13.0. The zero-order chi connectivity index (χ0) is 16.3. The van der Waals surface area contributed by atoms with Crippen LogP contribution < -0.4 is 4.74 Å². The molecule has 0 fully saturated rings. The van der Waals surface area contributed by atoms with Gasteiger partial charge in [-0.2, -0.15) is 5.10 Å². The maximum absolute atomic E-state index is 12.8. The first-order valence-corrected chi connectivity index (χ1v) is 7.25. The smallest absolute Gasteiger partial charge is 0.172 e. The summed E-state index contributed by atoms with van der Waals surface area (Å²) in [4.78, 5) is 16.8. The second-order valence-electron chi connectivity index (χ2n) is 5.20. The number of carbonyl (C=O) groups is 1. The van der Waals surface area contributed by atoms with Crippen LogP contribution in [0.4, 0.5) is 0 Å². The van der Waals surface area contributed by atoms with Gasteiger partial charge in [0.2, 0.25) is 0 Å². The Bertz CT molecular complexity index is 783. The van der Waals surface area contributed by atoms with Crippen molar-refractivity contribution in [3.63, 3.8) is 0 Å². The third-order valence-corrected chi connectivity index (χ3v) is 3.97. The standard InChI is InChI=1S/C18H17N3O2/c1-14(22)18(21-13-19-12-20-21,15-6-4-3-5-7-15)16-8-10-17(23-2)11-9-16/h3-13H,1-2H3. The van der Waals surface area contributed by atoms with Crippen LogP contribution >= 0.6 is 0 Å². The summed E-state index contributed by atoms with van der Waals surface area (Å²) in [5.41, 5.74) is 0.593. The fraction of sp³-hybridized carbons (Fsp3) is 0.167. The molecule has 0 aliphatic carbocycles. The Kier molecular flexibility index (Phi) is 3.93. The minimum absolute atomic E-state index is 0.0423. The highest BCUT2D eigenvalue weighted by Crippen LogP contribution is 2.35. The van der Waals surface area contributed by atoms with Gasteiger partial charge in [0.05, 0.1) is 7.11 Å². The number of methoxy groups -OCH3 is 1. The van der Waals surface area contributed by atoms with Crippen LogP contribution in [0.25, 0.3) is 0 Å². The Morgan fingerprint density at radius 2 is 1.70 bits per heavy atom. The molecule has 0 N–H and O–H groups in total. The van der Waals surface area contributed by atoms with Crippen LogP contribution in [0.15, 0.2) is 67.3 Å². The van der Waals surface area contributed by atoms with Gasteiger partial charge in [0.1, 0.15) is 18.4 Å². The van der Waals surface area contributed by atoms with Crippen molar-refractivity contribution in [1.82, 2.24) is 14.8 Å². The predicted octanol–water partition coefficient (Wildman–Crippen LogP) is 2.67. The second-order valence-corrected chi connectivity index (χ2v) is 5.20. The Morgan fingerprint density at radius 1 is 1.04 bits per heavy atom. The number of ether oxygens (including phenoxy) is 1. The topological polar surface area (TPSA) is 57.0 Å². The summed E-state index contributed by atoms with van der Waals surface area (Å²) in [5, 5.41) is 4.26. The molecule has 23 heavy (non-hydrogen) atoms. The monoisotopic (exact) mass is 307 g/mol. The summed E-state index contributed by atoms with van der Waals surface area (Å²) in [5.74, 6) is 0.692. The molecule has 1 atom stereocenters. The highest BCUT2D eigenvalue weighted by atomic mass is 16.5. The van der Waals surface area contributed by atoms with Crippen LogP contribution in [0.2, 0.25) is 0 Å². The van der Waals surface area contributed by atoms with Gasteiger partial charge in [-0.1, -0.05) is 42.5 Å². The molecule has 1 unspecified atom stereocenters. The van der Waals surface area contributed by atoms with E-state index in [4.69, 9.17) is 4.74 Å². The van der Waals surface area contributed by atoms with Gasteiger partial charge >= 0.3 is 0 Å². The van der Waals surface area contributed by atoms with E-state index in [0.717, 1.165) is 16.9 Å². The van der Waals surface area contributed by atoms with Gasteiger partial charge in [0, 0.05) is 0 Å². The molecule has 3 aromatic rings. The molecule has 5 nitrogen and oxygen atoms in total. The van der Waals surface area contributed by atoms with Gasteiger partial charge in [-0.05, 0) is 30.2 Å². The van der Waals surface area contributed by atoms with Gasteiger partial charge in [-0.25, -0.2) is 9.67 Å². The molecular weight excluding hydrogens is 290 g/mol. The lowest BCUT2D eigenvalue weighted by atomic mass is 9.80. The van der Waals surface area contributed by atoms with E-state index in [-0.39, 0.29) is 5.78 Å². The summed E-state index contributed by atoms with van der Waals surface area (Å²) in [6.07, 6.45) is 3.00. The third-order valence-electron chi connectivity index (χ3n) is 3.97. The van der Waals surface area contributed by atoms with Crippen LogP contribution in [0, 0.1) is 0 Å². The van der Waals surface area contributed by atoms with Crippen LogP contribution in [0.1, 0.15) is 18.1 Å². The first kappa shape index (κ1) is 15.0. The lowest BCUT2D eigenvalue weighted by Crippen LogP contribution is -2.43. The predicted molar refractivity (Wildman–Crippen MR) is 86.3 cm³/mol. The number of hydrogen-bond acceptors (Lipinski definition) is 4. The maximum Gasteiger partial charge on any atom is 0.172 e. The molecule has 5 heteroatoms. The summed E-state index contributed by atoms with van der Waals surface area (Å²) < 4.78 is 6.82. The van der Waals surface area contributed by atoms with Crippen molar-refractivity contribution in [3.8, 4) is 5.75 Å². The van der Waals surface area contributed by atoms with E-state index in [2.05, 4.69) is 10.1 Å². The normalized spacial score (nSPS) is 13.3. The molecule has 0 amide bonds. The van der Waals surface area contributed by atoms with Crippen molar-refractivity contribution in [2.45, 2.75) is 12.5 Å². The second kappa shape index (κ2) is 6.04. The highest BCUT2D eigenvalue weighted by molar-refractivity contribution is 5.91. The molecular formula is C18H17N3O2. The molecule has 116 valence electrons. The number of ketones is 1. The molecule has 0 saturated heterocycles. The van der Waals surface area contributed by atoms with Crippen molar-refractivity contribution in [3.05, 3.63) is 78.4 Å². The van der Waals surface area contributed by atoms with E-state index in [1.807, 2.05) is 54.6 Å². The number of carbonyl (C=O) groups excluding carboxylic acids is 1. The Labute approximate surface area is 134 Å². The summed E-state index contributed by atoms with van der Waals surface area (Å²) >= 11 is 0. The van der Waals surface area contributed by atoms with Crippen molar-refractivity contribution in [2.24, 2.45) is 0 Å². The number of Topliss-reactive ketones (excluding diaryl/α,β-unsaturated/α-hetero) is 1. The van der Waals surface area contributed by atoms with E-state index in [0.29, 0.717) is 0 Å². The summed E-state index contributed by atoms with van der Waals surface area (Å²) in [6.45, 7) is 1.57. The Morgan fingerprint density at radius 3 is 2.22 bits per heavy atom. The fourth-order valence-corrected chi connectivity index (χ4v) is 2.89. The van der Waals surface area contributed by atoms with E-state index in [1.54, 1.807) is 25.0 Å². The molecule has 0 bridgehead atoms. The molecule has 0 radical (unpaired) electrons. The molecule has 2 aromatic carbocycles. The number of aromatic nitrogens is 3. The van der Waals surface area contributed by atoms with Crippen LogP contribution in [0.5, 0.6) is 5.75 Å². The van der Waals surface area contributed by atoms with Crippen molar-refractivity contribution in [2.75, 3.05) is 7.11 Å². The van der Waals surface area contributed by atoms with E-state index in [1.165, 1.54) is 6.33 Å². The minimum Gasteiger partial charge on any atom is -0.497 e. The van der Waals surface area contributed by atoms with Gasteiger partial charge in [0.25, 0.3) is 0 Å². The maximum atomic E-state index is 12.8. The Hall–Kier alpha value is -2.95. The summed E-state index contributed by atoms with van der Waals surface area (Å²) in [6, 6.07) is 17.0. The van der Waals surface area contributed by atoms with E-state index < -0.39 is 5.54 Å². The first-order chi connectivity index (χ1) is 11.2. The molecule has 3 rings (SSSR count). The molecule has 1 heterocycles. The Balaban J connectivity index is 2.30. The molecule has 0 saturated carbocycles. The van der Waals surface area contributed by atoms with E-state index >= 15 is 0 Å². The van der Waals surface area contributed by atoms with Crippen molar-refractivity contribution >= 4 is 5.78 Å². The lowest BCUT2D eigenvalue weighted by molar-refractivity contribution is -0.122. The lowest BCUT2D eigenvalue weighted by Gasteiger charge is -2.32. The molecule has 0 aliphatic rings. The van der Waals surface area contributed by atoms with Crippen molar-refractivity contribution < 1.29 is 9.53 Å². The van der Waals surface area contributed by atoms with Gasteiger partial charge in [-0.15, -0.1) is 0 Å². The molecule has 1 aromatic heterocycles. The highest BCUT2D eigenvalue weighted by Gasteiger charge is 2.42. The summed E-state index contributed by atoms with van der Waals surface area (Å²) in [7, 11) is 1.61. The number of nitrogens with zero attached hydrogens (tertiary/aromatic N) is 3. The quantitative estimate of drug-likeness (QED) is 0.727. The van der Waals surface area contributed by atoms with Crippen molar-refractivity contribution in [1.29, 1.82) is 0 Å². The zero-order valence-corrected chi connectivity index (χ0v) is 13.0. The van der Waals surface area contributed by atoms with Gasteiger partial charge in [-0.3, -0.25) is 4.79 Å². The molecule has 0 spiro atoms. The SMILES string of the molecule is COc1ccc(C(C(C)=O)(c2ccccc2)n2cncn2)cc1. The van der Waals surface area contributed by atoms with Gasteiger partial charge < -0.3 is 4.74 Å². The van der Waals surface area contributed by atoms with Gasteiger partial charge in [0.15, 0.2) is 11.3 Å². The van der Waals surface area contributed by atoms with Crippen LogP contribution in [0.3, 0.4) is 0 Å². The number of hydrogen-bond donors (Lipinski definition) is 0. The molecule has 0 aliphatic heterocycles.